The van der Waals surface area contributed by atoms with Crippen molar-refractivity contribution >= 4 is 28.9 Å². The minimum atomic E-state index is 0.140. The van der Waals surface area contributed by atoms with Crippen LogP contribution in [0, 0.1) is 11.8 Å². The minimum Gasteiger partial charge on any atom is -0.411 e. The summed E-state index contributed by atoms with van der Waals surface area (Å²) >= 11 is 12.1. The molecule has 0 radical (unpaired) electrons. The number of oxime groups is 1. The average Bonchev–Trinajstić information content (AvgIpc) is 2.64. The van der Waals surface area contributed by atoms with Gasteiger partial charge in [-0.25, -0.2) is 0 Å². The molecule has 0 amide bonds. The molecule has 2 aromatic rings. The number of hydrogen-bond acceptors (Lipinski definition) is 2. The number of piperidine rings is 1. The molecule has 3 N–H and O–H groups in total. The number of quaternary nitrogens is 1. The lowest BCUT2D eigenvalue weighted by Crippen LogP contribution is -2.91. The van der Waals surface area contributed by atoms with Crippen LogP contribution >= 0.6 is 23.2 Å². The van der Waals surface area contributed by atoms with Gasteiger partial charge in [0.1, 0.15) is 12.1 Å². The summed E-state index contributed by atoms with van der Waals surface area (Å²) in [5, 5.41) is 17.4. The van der Waals surface area contributed by atoms with Crippen LogP contribution in [0.25, 0.3) is 0 Å². The Balaban J connectivity index is 2.01. The molecule has 0 spiro atoms. The lowest BCUT2D eigenvalue weighted by atomic mass is 9.73. The van der Waals surface area contributed by atoms with E-state index in [-0.39, 0.29) is 23.9 Å². The molecule has 2 aromatic carbocycles. The fourth-order valence-electron chi connectivity index (χ4n) is 4.15. The first-order chi connectivity index (χ1) is 12.5. The molecule has 1 saturated heterocycles. The molecule has 0 saturated carbocycles. The molecule has 3 rings (SSSR count). The van der Waals surface area contributed by atoms with Crippen molar-refractivity contribution in [1.82, 2.24) is 0 Å². The zero-order valence-corrected chi connectivity index (χ0v) is 16.6. The molecule has 1 fully saturated rings. The minimum absolute atomic E-state index is 0.140. The number of benzene rings is 2. The van der Waals surface area contributed by atoms with E-state index in [4.69, 9.17) is 23.2 Å². The zero-order valence-electron chi connectivity index (χ0n) is 15.1. The van der Waals surface area contributed by atoms with Gasteiger partial charge in [0.25, 0.3) is 0 Å². The number of hydrogen-bond donors (Lipinski definition) is 2. The molecule has 1 aliphatic heterocycles. The van der Waals surface area contributed by atoms with Gasteiger partial charge in [0.05, 0.1) is 17.5 Å². The van der Waals surface area contributed by atoms with E-state index < -0.39 is 0 Å². The fraction of sp³-hybridized carbons (Fsp3) is 0.381. The summed E-state index contributed by atoms with van der Waals surface area (Å²) in [5.74, 6) is 0.339. The standard InChI is InChI=1S/C21H24Cl2N2O/c1-3-4-18-20(25-26)13(2)19(14-5-9-16(22)10-6-14)24-21(18)15-7-11-17(23)12-8-15/h5-13,18-19,21,24,26H,3-4H2,1-2H3/p+1/b25-20+/t13-,18+,19-,21+/m0/s1. The van der Waals surface area contributed by atoms with Gasteiger partial charge in [0, 0.05) is 21.2 Å². The van der Waals surface area contributed by atoms with Gasteiger partial charge in [0.2, 0.25) is 0 Å². The molecule has 1 heterocycles. The van der Waals surface area contributed by atoms with Crippen LogP contribution in [0.5, 0.6) is 0 Å². The van der Waals surface area contributed by atoms with Crippen molar-refractivity contribution in [3.05, 3.63) is 69.7 Å². The Labute approximate surface area is 165 Å². The van der Waals surface area contributed by atoms with Crippen molar-refractivity contribution in [2.75, 3.05) is 0 Å². The van der Waals surface area contributed by atoms with Crippen molar-refractivity contribution in [2.45, 2.75) is 38.8 Å². The lowest BCUT2D eigenvalue weighted by Gasteiger charge is -2.39. The maximum absolute atomic E-state index is 9.81. The maximum atomic E-state index is 9.81. The average molecular weight is 392 g/mol. The Morgan fingerprint density at radius 1 is 0.923 bits per heavy atom. The van der Waals surface area contributed by atoms with Gasteiger partial charge in [0.15, 0.2) is 0 Å². The van der Waals surface area contributed by atoms with Crippen LogP contribution in [0.4, 0.5) is 0 Å². The van der Waals surface area contributed by atoms with Crippen molar-refractivity contribution in [1.29, 1.82) is 0 Å². The highest BCUT2D eigenvalue weighted by molar-refractivity contribution is 6.30. The van der Waals surface area contributed by atoms with E-state index >= 15 is 0 Å². The lowest BCUT2D eigenvalue weighted by molar-refractivity contribution is -0.747. The molecular weight excluding hydrogens is 367 g/mol. The Bertz CT molecular complexity index is 759. The van der Waals surface area contributed by atoms with Gasteiger partial charge < -0.3 is 10.5 Å². The normalized spacial score (nSPS) is 27.6. The van der Waals surface area contributed by atoms with E-state index in [1.807, 2.05) is 24.3 Å². The van der Waals surface area contributed by atoms with Crippen LogP contribution in [-0.4, -0.2) is 10.9 Å². The molecule has 138 valence electrons. The van der Waals surface area contributed by atoms with Gasteiger partial charge in [-0.1, -0.05) is 72.9 Å². The highest BCUT2D eigenvalue weighted by atomic mass is 35.5. The molecule has 26 heavy (non-hydrogen) atoms. The summed E-state index contributed by atoms with van der Waals surface area (Å²) in [6, 6.07) is 16.3. The van der Waals surface area contributed by atoms with Gasteiger partial charge >= 0.3 is 0 Å². The van der Waals surface area contributed by atoms with E-state index in [0.29, 0.717) is 0 Å². The second kappa shape index (κ2) is 8.43. The summed E-state index contributed by atoms with van der Waals surface area (Å²) in [7, 11) is 0. The van der Waals surface area contributed by atoms with Crippen molar-refractivity contribution in [3.63, 3.8) is 0 Å². The summed E-state index contributed by atoms with van der Waals surface area (Å²) in [6.07, 6.45) is 2.03. The van der Waals surface area contributed by atoms with E-state index in [1.54, 1.807) is 0 Å². The van der Waals surface area contributed by atoms with Crippen LogP contribution in [0.1, 0.15) is 49.9 Å². The van der Waals surface area contributed by atoms with Gasteiger partial charge in [-0.2, -0.15) is 0 Å². The third-order valence-electron chi connectivity index (χ3n) is 5.46. The smallest absolute Gasteiger partial charge is 0.120 e. The Hall–Kier alpha value is -1.55. The van der Waals surface area contributed by atoms with E-state index in [0.717, 1.165) is 28.6 Å². The molecular formula is C21H25Cl2N2O+. The topological polar surface area (TPSA) is 49.2 Å². The largest absolute Gasteiger partial charge is 0.411 e. The first kappa shape index (κ1) is 19.2. The number of rotatable bonds is 4. The Morgan fingerprint density at radius 3 is 1.88 bits per heavy atom. The molecule has 5 heteroatoms. The van der Waals surface area contributed by atoms with Crippen molar-refractivity contribution < 1.29 is 10.5 Å². The van der Waals surface area contributed by atoms with Crippen molar-refractivity contribution in [2.24, 2.45) is 17.0 Å². The van der Waals surface area contributed by atoms with E-state index in [1.165, 1.54) is 11.1 Å². The highest BCUT2D eigenvalue weighted by Gasteiger charge is 2.44. The SMILES string of the molecule is CCC[C@@H]1/C(=N/O)[C@@H](C)[C@@H](c2ccc(Cl)cc2)[NH2+][C@@H]1c1ccc(Cl)cc1. The van der Waals surface area contributed by atoms with Crippen LogP contribution in [0.2, 0.25) is 10.0 Å². The van der Waals surface area contributed by atoms with Gasteiger partial charge in [-0.05, 0) is 30.7 Å². The summed E-state index contributed by atoms with van der Waals surface area (Å²) < 4.78 is 0. The third kappa shape index (κ3) is 3.90. The predicted molar refractivity (Wildman–Crippen MR) is 107 cm³/mol. The first-order valence-corrected chi connectivity index (χ1v) is 9.88. The van der Waals surface area contributed by atoms with Gasteiger partial charge in [-0.15, -0.1) is 0 Å². The fourth-order valence-corrected chi connectivity index (χ4v) is 4.40. The second-order valence-corrected chi connectivity index (χ2v) is 7.93. The molecule has 0 unspecified atom stereocenters. The van der Waals surface area contributed by atoms with Crippen LogP contribution in [0.15, 0.2) is 53.7 Å². The number of nitrogens with zero attached hydrogens (tertiary/aromatic N) is 1. The molecule has 4 atom stereocenters. The third-order valence-corrected chi connectivity index (χ3v) is 5.96. The quantitative estimate of drug-likeness (QED) is 0.543. The van der Waals surface area contributed by atoms with Crippen LogP contribution in [-0.2, 0) is 0 Å². The van der Waals surface area contributed by atoms with Gasteiger partial charge in [-0.3, -0.25) is 0 Å². The highest BCUT2D eigenvalue weighted by Crippen LogP contribution is 2.36. The van der Waals surface area contributed by atoms with Crippen molar-refractivity contribution in [3.8, 4) is 0 Å². The maximum Gasteiger partial charge on any atom is 0.120 e. The molecule has 0 aromatic heterocycles. The van der Waals surface area contributed by atoms with Crippen LogP contribution in [0.3, 0.4) is 0 Å². The first-order valence-electron chi connectivity index (χ1n) is 9.13. The molecule has 1 aliphatic rings. The monoisotopic (exact) mass is 391 g/mol. The molecule has 0 bridgehead atoms. The zero-order chi connectivity index (χ0) is 18.7. The molecule has 3 nitrogen and oxygen atoms in total. The summed E-state index contributed by atoms with van der Waals surface area (Å²) in [5.41, 5.74) is 3.28. The summed E-state index contributed by atoms with van der Waals surface area (Å²) in [4.78, 5) is 0. The molecule has 0 aliphatic carbocycles. The Kier molecular flexibility index (Phi) is 6.23. The van der Waals surface area contributed by atoms with Crippen LogP contribution < -0.4 is 5.32 Å². The summed E-state index contributed by atoms with van der Waals surface area (Å²) in [6.45, 7) is 4.31. The second-order valence-electron chi connectivity index (χ2n) is 7.06. The number of nitrogens with two attached hydrogens (primary N) is 1. The van der Waals surface area contributed by atoms with E-state index in [9.17, 15) is 5.21 Å². The van der Waals surface area contributed by atoms with E-state index in [2.05, 4.69) is 48.6 Å². The predicted octanol–water partition coefficient (Wildman–Crippen LogP) is 5.24. The Morgan fingerprint density at radius 2 is 1.42 bits per heavy atom. The number of halogens is 2.